The molecule has 0 saturated heterocycles. The molecule has 4 bridgehead atoms. The third-order valence-corrected chi connectivity index (χ3v) is 12.3. The van der Waals surface area contributed by atoms with Gasteiger partial charge in [-0.25, -0.2) is 18.1 Å². The maximum atomic E-state index is 14.5. The second kappa shape index (κ2) is 11.2. The van der Waals surface area contributed by atoms with Crippen LogP contribution in [-0.4, -0.2) is 43.1 Å². The number of halogens is 3. The van der Waals surface area contributed by atoms with Gasteiger partial charge in [0.25, 0.3) is 10.0 Å². The quantitative estimate of drug-likeness (QED) is 0.301. The minimum Gasteiger partial charge on any atom is -0.477 e. The zero-order chi connectivity index (χ0) is 33.4. The van der Waals surface area contributed by atoms with Crippen LogP contribution >= 0.6 is 0 Å². The number of nitrogens with zero attached hydrogens (tertiary/aromatic N) is 2. The molecule has 47 heavy (non-hydrogen) atoms. The number of aryl methyl sites for hydroxylation is 2. The highest BCUT2D eigenvalue weighted by Gasteiger charge is 2.64. The van der Waals surface area contributed by atoms with E-state index in [2.05, 4.69) is 20.0 Å². The van der Waals surface area contributed by atoms with Gasteiger partial charge in [-0.3, -0.25) is 4.79 Å². The van der Waals surface area contributed by atoms with Gasteiger partial charge < -0.3 is 10.1 Å². The number of rotatable bonds is 5. The van der Waals surface area contributed by atoms with E-state index in [1.165, 1.54) is 13.0 Å². The number of amides is 1. The molecule has 8 nitrogen and oxygen atoms in total. The summed E-state index contributed by atoms with van der Waals surface area (Å²) in [4.78, 5) is 20.5. The van der Waals surface area contributed by atoms with Crippen molar-refractivity contribution in [1.29, 1.82) is 0 Å². The molecule has 3 aliphatic carbocycles. The van der Waals surface area contributed by atoms with Crippen LogP contribution < -0.4 is 14.8 Å². The third kappa shape index (κ3) is 5.98. The van der Waals surface area contributed by atoms with Gasteiger partial charge in [-0.2, -0.15) is 18.2 Å². The van der Waals surface area contributed by atoms with Crippen LogP contribution in [0.5, 0.6) is 5.88 Å². The molecule has 7 rings (SSSR count). The van der Waals surface area contributed by atoms with Crippen molar-refractivity contribution >= 4 is 21.9 Å². The smallest absolute Gasteiger partial charge is 0.394 e. The highest BCUT2D eigenvalue weighted by molar-refractivity contribution is 7.92. The standard InChI is InChI=1S/C35H39F3N4O4S/c1-20-6-4-7-21(2)30(20)28-13-29-41-32(40-28)42-47(44,45)27-9-5-8-23(12-27)31(24-14-33(15-24)17-26(18-33)39-22(3)43)25(19-46-29)16-34(10-11-34)35(36,37)38/h4-9,12-13,24-26,31H,10-11,14-19H2,1-3H3,(H,39,43)(H,40,41,42)/t24?,25-,26?,31?,33?/m1/s1. The number of sulfonamides is 1. The molecule has 1 spiro atoms. The fourth-order valence-corrected chi connectivity index (χ4v) is 9.64. The number of aromatic nitrogens is 2. The Morgan fingerprint density at radius 2 is 1.70 bits per heavy atom. The van der Waals surface area contributed by atoms with Crippen molar-refractivity contribution in [3.05, 3.63) is 65.2 Å². The molecule has 3 aromatic rings. The second-order valence-corrected chi connectivity index (χ2v) is 16.1. The average Bonchev–Trinajstić information content (AvgIpc) is 3.74. The van der Waals surface area contributed by atoms with Crippen LogP contribution in [0.25, 0.3) is 11.3 Å². The Labute approximate surface area is 273 Å². The molecule has 1 aromatic heterocycles. The van der Waals surface area contributed by atoms with E-state index < -0.39 is 27.5 Å². The minimum atomic E-state index is -4.35. The fraction of sp³-hybridized carbons (Fsp3) is 0.514. The first kappa shape index (κ1) is 31.9. The Balaban J connectivity index is 1.29. The summed E-state index contributed by atoms with van der Waals surface area (Å²) in [6.07, 6.45) is -1.05. The molecule has 1 aliphatic heterocycles. The molecular formula is C35H39F3N4O4S. The van der Waals surface area contributed by atoms with Crippen molar-refractivity contribution in [2.24, 2.45) is 22.7 Å². The number of hydrogen-bond acceptors (Lipinski definition) is 6. The summed E-state index contributed by atoms with van der Waals surface area (Å²) in [5.74, 6) is -1.03. The largest absolute Gasteiger partial charge is 0.477 e. The number of fused-ring (bicyclic) bond motifs is 4. The molecule has 4 aliphatic rings. The highest BCUT2D eigenvalue weighted by Crippen LogP contribution is 2.66. The molecule has 0 radical (unpaired) electrons. The Hall–Kier alpha value is -3.67. The molecule has 250 valence electrons. The monoisotopic (exact) mass is 668 g/mol. The first-order chi connectivity index (χ1) is 22.2. The topological polar surface area (TPSA) is 110 Å². The number of carbonyl (C=O) groups is 1. The normalized spacial score (nSPS) is 28.7. The number of ether oxygens (including phenoxy) is 1. The van der Waals surface area contributed by atoms with Crippen LogP contribution in [0.1, 0.15) is 74.5 Å². The lowest BCUT2D eigenvalue weighted by Crippen LogP contribution is -2.57. The summed E-state index contributed by atoms with van der Waals surface area (Å²) in [7, 11) is -4.15. The van der Waals surface area contributed by atoms with Gasteiger partial charge in [0.2, 0.25) is 17.7 Å². The van der Waals surface area contributed by atoms with Gasteiger partial charge in [-0.15, -0.1) is 0 Å². The Morgan fingerprint density at radius 1 is 1.02 bits per heavy atom. The van der Waals surface area contributed by atoms with Gasteiger partial charge in [0, 0.05) is 30.5 Å². The Bertz CT molecular complexity index is 1810. The third-order valence-electron chi connectivity index (χ3n) is 10.9. The van der Waals surface area contributed by atoms with Gasteiger partial charge in [-0.05, 0) is 105 Å². The van der Waals surface area contributed by atoms with E-state index in [4.69, 9.17) is 4.74 Å². The van der Waals surface area contributed by atoms with E-state index in [9.17, 15) is 26.4 Å². The van der Waals surface area contributed by atoms with E-state index in [0.29, 0.717) is 11.3 Å². The van der Waals surface area contributed by atoms with Crippen molar-refractivity contribution in [3.8, 4) is 17.1 Å². The van der Waals surface area contributed by atoms with Crippen molar-refractivity contribution in [2.75, 3.05) is 11.3 Å². The molecule has 2 atom stereocenters. The van der Waals surface area contributed by atoms with Crippen LogP contribution in [0.2, 0.25) is 0 Å². The summed E-state index contributed by atoms with van der Waals surface area (Å²) in [6.45, 7) is 5.34. The predicted octanol–water partition coefficient (Wildman–Crippen LogP) is 7.08. The second-order valence-electron chi connectivity index (χ2n) is 14.4. The molecule has 12 heteroatoms. The lowest BCUT2D eigenvalue weighted by molar-refractivity contribution is -0.194. The zero-order valence-corrected chi connectivity index (χ0v) is 27.5. The van der Waals surface area contributed by atoms with Crippen molar-refractivity contribution in [2.45, 2.75) is 88.7 Å². The number of hydrogen-bond donors (Lipinski definition) is 2. The van der Waals surface area contributed by atoms with Crippen LogP contribution in [0.3, 0.4) is 0 Å². The van der Waals surface area contributed by atoms with Crippen LogP contribution in [-0.2, 0) is 14.8 Å². The number of carbonyl (C=O) groups excluding carboxylic acids is 1. The minimum absolute atomic E-state index is 0.00299. The molecule has 3 fully saturated rings. The SMILES string of the molecule is CC(=O)NC1CC2(C1)CC(C1c3cccc(c3)S(=O)(=O)Nc3nc(cc(-c4c(C)cccc4C)n3)OC[C@H]1CC1(C(F)(F)F)CC1)C2. The molecule has 3 saturated carbocycles. The Morgan fingerprint density at radius 3 is 2.34 bits per heavy atom. The fourth-order valence-electron chi connectivity index (χ4n) is 8.64. The van der Waals surface area contributed by atoms with E-state index in [-0.39, 0.29) is 71.8 Å². The van der Waals surface area contributed by atoms with E-state index in [1.807, 2.05) is 38.1 Å². The van der Waals surface area contributed by atoms with E-state index >= 15 is 0 Å². The van der Waals surface area contributed by atoms with Crippen LogP contribution in [0.15, 0.2) is 53.4 Å². The number of anilines is 1. The summed E-state index contributed by atoms with van der Waals surface area (Å²) in [5.41, 5.74) is 2.06. The Kier molecular flexibility index (Phi) is 7.61. The molecular weight excluding hydrogens is 629 g/mol. The van der Waals surface area contributed by atoms with Gasteiger partial charge in [-0.1, -0.05) is 30.3 Å². The maximum absolute atomic E-state index is 14.5. The van der Waals surface area contributed by atoms with Crippen molar-refractivity contribution < 1.29 is 31.1 Å². The van der Waals surface area contributed by atoms with E-state index in [0.717, 1.165) is 42.4 Å². The first-order valence-corrected chi connectivity index (χ1v) is 17.7. The lowest BCUT2D eigenvalue weighted by Gasteiger charge is -2.60. The lowest BCUT2D eigenvalue weighted by atomic mass is 9.46. The van der Waals surface area contributed by atoms with Gasteiger partial charge >= 0.3 is 6.18 Å². The van der Waals surface area contributed by atoms with Crippen LogP contribution in [0.4, 0.5) is 19.1 Å². The van der Waals surface area contributed by atoms with E-state index in [1.54, 1.807) is 18.2 Å². The van der Waals surface area contributed by atoms with Gasteiger partial charge in [0.1, 0.15) is 0 Å². The average molecular weight is 669 g/mol. The molecule has 2 N–H and O–H groups in total. The molecule has 2 heterocycles. The number of benzene rings is 2. The summed E-state index contributed by atoms with van der Waals surface area (Å²) < 4.78 is 79.8. The van der Waals surface area contributed by atoms with Crippen LogP contribution in [0, 0.1) is 36.5 Å². The van der Waals surface area contributed by atoms with Crippen molar-refractivity contribution in [1.82, 2.24) is 15.3 Å². The first-order valence-electron chi connectivity index (χ1n) is 16.2. The summed E-state index contributed by atoms with van der Waals surface area (Å²) in [5, 5.41) is 2.98. The zero-order valence-electron chi connectivity index (χ0n) is 26.7. The van der Waals surface area contributed by atoms with Gasteiger partial charge in [0.05, 0.1) is 22.6 Å². The number of nitrogens with one attached hydrogen (secondary N) is 2. The van der Waals surface area contributed by atoms with Gasteiger partial charge in [0.15, 0.2) is 0 Å². The maximum Gasteiger partial charge on any atom is 0.394 e. The molecule has 1 unspecified atom stereocenters. The summed E-state index contributed by atoms with van der Waals surface area (Å²) >= 11 is 0. The highest BCUT2D eigenvalue weighted by atomic mass is 32.2. The molecule has 1 amide bonds. The summed E-state index contributed by atoms with van der Waals surface area (Å²) in [6, 6.07) is 14.1. The number of alkyl halides is 3. The van der Waals surface area contributed by atoms with Crippen molar-refractivity contribution in [3.63, 3.8) is 0 Å². The predicted molar refractivity (Wildman–Crippen MR) is 170 cm³/mol. The molecule has 2 aromatic carbocycles.